The van der Waals surface area contributed by atoms with Crippen molar-refractivity contribution in [2.45, 2.75) is 25.4 Å². The van der Waals surface area contributed by atoms with E-state index in [2.05, 4.69) is 4.90 Å². The predicted molar refractivity (Wildman–Crippen MR) is 115 cm³/mol. The largest absolute Gasteiger partial charge is 0.496 e. The van der Waals surface area contributed by atoms with E-state index in [0.717, 1.165) is 43.5 Å². The number of hydrogen-bond acceptors (Lipinski definition) is 5. The molecular formula is C22H28ClN3O3. The normalized spacial score (nSPS) is 16.5. The highest BCUT2D eigenvalue weighted by atomic mass is 35.5. The lowest BCUT2D eigenvalue weighted by molar-refractivity contribution is 0.0893. The number of nitrogen functional groups attached to an aromatic ring is 1. The maximum atomic E-state index is 11.7. The molecule has 1 heterocycles. The minimum atomic E-state index is -0.529. The first kappa shape index (κ1) is 21.4. The van der Waals surface area contributed by atoms with Gasteiger partial charge in [0.05, 0.1) is 18.8 Å². The molecule has 1 atom stereocenters. The van der Waals surface area contributed by atoms with Gasteiger partial charge in [-0.15, -0.1) is 0 Å². The number of likely N-dealkylation sites (tertiary alicyclic amines) is 1. The van der Waals surface area contributed by atoms with Crippen molar-refractivity contribution in [1.82, 2.24) is 4.90 Å². The monoisotopic (exact) mass is 417 g/mol. The summed E-state index contributed by atoms with van der Waals surface area (Å²) in [4.78, 5) is 14.0. The van der Waals surface area contributed by atoms with Crippen LogP contribution in [0.3, 0.4) is 0 Å². The first-order valence-electron chi connectivity index (χ1n) is 9.79. The fourth-order valence-electron chi connectivity index (χ4n) is 3.90. The number of carbonyl (C=O) groups excluding carboxylic acids is 1. The Morgan fingerprint density at radius 1 is 1.28 bits per heavy atom. The number of anilines is 1. The lowest BCUT2D eigenvalue weighted by Gasteiger charge is -2.33. The summed E-state index contributed by atoms with van der Waals surface area (Å²) in [6.07, 6.45) is 2.28. The number of β-amino-alcohol motifs (C(OH)–C–C–N with tert-alkyl or cyclic N) is 1. The van der Waals surface area contributed by atoms with Gasteiger partial charge in [-0.3, -0.25) is 4.79 Å². The van der Waals surface area contributed by atoms with Gasteiger partial charge in [-0.2, -0.15) is 0 Å². The molecule has 29 heavy (non-hydrogen) atoms. The highest BCUT2D eigenvalue weighted by molar-refractivity contribution is 6.30. The van der Waals surface area contributed by atoms with Crippen LogP contribution in [0, 0.1) is 5.92 Å². The SMILES string of the molecule is COc1cc(N)c(CC2CCN(CC(O)c3ccc(Cl)cc3)CC2)cc1C(N)=O. The van der Waals surface area contributed by atoms with Crippen LogP contribution in [0.5, 0.6) is 5.75 Å². The highest BCUT2D eigenvalue weighted by Gasteiger charge is 2.23. The summed E-state index contributed by atoms with van der Waals surface area (Å²) >= 11 is 5.91. The van der Waals surface area contributed by atoms with E-state index in [9.17, 15) is 9.90 Å². The molecule has 3 rings (SSSR count). The van der Waals surface area contributed by atoms with Gasteiger partial charge in [-0.25, -0.2) is 0 Å². The van der Waals surface area contributed by atoms with Crippen molar-refractivity contribution in [3.63, 3.8) is 0 Å². The minimum Gasteiger partial charge on any atom is -0.496 e. The Kier molecular flexibility index (Phi) is 7.00. The Balaban J connectivity index is 1.56. The summed E-state index contributed by atoms with van der Waals surface area (Å²) in [5.74, 6) is 0.356. The Morgan fingerprint density at radius 3 is 2.52 bits per heavy atom. The second-order valence-electron chi connectivity index (χ2n) is 7.63. The molecule has 1 unspecified atom stereocenters. The molecule has 6 nitrogen and oxygen atoms in total. The van der Waals surface area contributed by atoms with Crippen LogP contribution in [0.4, 0.5) is 5.69 Å². The molecule has 156 valence electrons. The topological polar surface area (TPSA) is 102 Å². The number of rotatable bonds is 7. The van der Waals surface area contributed by atoms with Crippen molar-refractivity contribution >= 4 is 23.2 Å². The van der Waals surface area contributed by atoms with E-state index in [4.69, 9.17) is 27.8 Å². The quantitative estimate of drug-likeness (QED) is 0.601. The molecule has 7 heteroatoms. The number of methoxy groups -OCH3 is 1. The van der Waals surface area contributed by atoms with E-state index in [-0.39, 0.29) is 0 Å². The zero-order valence-electron chi connectivity index (χ0n) is 16.6. The molecule has 1 aliphatic rings. The molecule has 5 N–H and O–H groups in total. The van der Waals surface area contributed by atoms with Crippen molar-refractivity contribution in [3.8, 4) is 5.75 Å². The molecule has 0 aliphatic carbocycles. The third-order valence-electron chi connectivity index (χ3n) is 5.63. The van der Waals surface area contributed by atoms with Crippen LogP contribution in [-0.4, -0.2) is 42.7 Å². The smallest absolute Gasteiger partial charge is 0.252 e. The number of aliphatic hydroxyl groups is 1. The summed E-state index contributed by atoms with van der Waals surface area (Å²) in [6, 6.07) is 10.8. The van der Waals surface area contributed by atoms with Crippen LogP contribution < -0.4 is 16.2 Å². The van der Waals surface area contributed by atoms with Gasteiger partial charge in [0.2, 0.25) is 0 Å². The first-order chi connectivity index (χ1) is 13.9. The second-order valence-corrected chi connectivity index (χ2v) is 8.07. The Hall–Kier alpha value is -2.28. The highest BCUT2D eigenvalue weighted by Crippen LogP contribution is 2.30. The number of piperidine rings is 1. The van der Waals surface area contributed by atoms with Gasteiger partial charge < -0.3 is 26.2 Å². The number of ether oxygens (including phenoxy) is 1. The number of nitrogens with two attached hydrogens (primary N) is 2. The lowest BCUT2D eigenvalue weighted by Crippen LogP contribution is -2.37. The number of halogens is 1. The predicted octanol–water partition coefficient (Wildman–Crippen LogP) is 3.02. The fraction of sp³-hybridized carbons (Fsp3) is 0.409. The van der Waals surface area contributed by atoms with E-state index >= 15 is 0 Å². The molecule has 0 spiro atoms. The van der Waals surface area contributed by atoms with Gasteiger partial charge >= 0.3 is 0 Å². The molecule has 1 amide bonds. The van der Waals surface area contributed by atoms with Crippen LogP contribution in [0.25, 0.3) is 0 Å². The van der Waals surface area contributed by atoms with Crippen molar-refractivity contribution in [3.05, 3.63) is 58.1 Å². The lowest BCUT2D eigenvalue weighted by atomic mass is 9.88. The minimum absolute atomic E-state index is 0.361. The Bertz CT molecular complexity index is 849. The molecule has 1 saturated heterocycles. The summed E-state index contributed by atoms with van der Waals surface area (Å²) < 4.78 is 5.21. The second kappa shape index (κ2) is 9.48. The number of benzene rings is 2. The molecular weight excluding hydrogens is 390 g/mol. The number of aliphatic hydroxyl groups excluding tert-OH is 1. The molecule has 2 aromatic carbocycles. The first-order valence-corrected chi connectivity index (χ1v) is 10.2. The summed E-state index contributed by atoms with van der Waals surface area (Å²) in [5.41, 5.74) is 14.4. The van der Waals surface area contributed by atoms with Crippen molar-refractivity contribution < 1.29 is 14.6 Å². The van der Waals surface area contributed by atoms with Crippen LogP contribution in [0.1, 0.15) is 40.4 Å². The van der Waals surface area contributed by atoms with E-state index in [1.807, 2.05) is 12.1 Å². The molecule has 2 aromatic rings. The van der Waals surface area contributed by atoms with Gasteiger partial charge in [0.1, 0.15) is 5.75 Å². The van der Waals surface area contributed by atoms with Crippen molar-refractivity contribution in [1.29, 1.82) is 0 Å². The summed E-state index contributed by atoms with van der Waals surface area (Å²) in [5, 5.41) is 11.1. The van der Waals surface area contributed by atoms with Gasteiger partial charge in [0.15, 0.2) is 0 Å². The summed E-state index contributed by atoms with van der Waals surface area (Å²) in [6.45, 7) is 2.42. The van der Waals surface area contributed by atoms with Gasteiger partial charge in [-0.05, 0) is 67.6 Å². The molecule has 0 radical (unpaired) electrons. The number of nitrogens with zero attached hydrogens (tertiary/aromatic N) is 1. The summed E-state index contributed by atoms with van der Waals surface area (Å²) in [7, 11) is 1.50. The maximum absolute atomic E-state index is 11.7. The molecule has 0 bridgehead atoms. The van der Waals surface area contributed by atoms with Crippen LogP contribution in [-0.2, 0) is 6.42 Å². The van der Waals surface area contributed by atoms with E-state index in [1.165, 1.54) is 7.11 Å². The van der Waals surface area contributed by atoms with Gasteiger partial charge in [0, 0.05) is 23.3 Å². The van der Waals surface area contributed by atoms with Crippen molar-refractivity contribution in [2.24, 2.45) is 11.7 Å². The van der Waals surface area contributed by atoms with Crippen molar-refractivity contribution in [2.75, 3.05) is 32.5 Å². The van der Waals surface area contributed by atoms with E-state index in [1.54, 1.807) is 24.3 Å². The third kappa shape index (κ3) is 5.41. The number of amides is 1. The molecule has 0 aromatic heterocycles. The molecule has 0 saturated carbocycles. The fourth-order valence-corrected chi connectivity index (χ4v) is 4.02. The van der Waals surface area contributed by atoms with E-state index in [0.29, 0.717) is 34.5 Å². The van der Waals surface area contributed by atoms with E-state index < -0.39 is 12.0 Å². The number of primary amides is 1. The van der Waals surface area contributed by atoms with Crippen LogP contribution in [0.15, 0.2) is 36.4 Å². The average Bonchev–Trinajstić information content (AvgIpc) is 2.70. The van der Waals surface area contributed by atoms with Crippen LogP contribution in [0.2, 0.25) is 5.02 Å². The third-order valence-corrected chi connectivity index (χ3v) is 5.88. The number of hydrogen-bond donors (Lipinski definition) is 3. The maximum Gasteiger partial charge on any atom is 0.252 e. The van der Waals surface area contributed by atoms with Gasteiger partial charge in [-0.1, -0.05) is 23.7 Å². The molecule has 1 fully saturated rings. The average molecular weight is 418 g/mol. The van der Waals surface area contributed by atoms with Crippen LogP contribution >= 0.6 is 11.6 Å². The Morgan fingerprint density at radius 2 is 1.93 bits per heavy atom. The molecule has 1 aliphatic heterocycles. The van der Waals surface area contributed by atoms with Gasteiger partial charge in [0.25, 0.3) is 5.91 Å². The zero-order valence-corrected chi connectivity index (χ0v) is 17.4. The Labute approximate surface area is 176 Å². The zero-order chi connectivity index (χ0) is 21.0. The number of carbonyl (C=O) groups is 1. The standard InChI is InChI=1S/C22H28ClN3O3/c1-29-21-12-19(24)16(11-18(21)22(25)28)10-14-6-8-26(9-7-14)13-20(27)15-2-4-17(23)5-3-15/h2-5,11-12,14,20,27H,6-10,13,24H2,1H3,(H2,25,28).